The van der Waals surface area contributed by atoms with Crippen LogP contribution in [0.5, 0.6) is 0 Å². The number of likely N-dealkylation sites (tertiary alicyclic amines) is 1. The van der Waals surface area contributed by atoms with Crippen molar-refractivity contribution in [1.29, 1.82) is 0 Å². The van der Waals surface area contributed by atoms with Gasteiger partial charge in [-0.05, 0) is 56.4 Å². The van der Waals surface area contributed by atoms with Gasteiger partial charge in [0.1, 0.15) is 0 Å². The van der Waals surface area contributed by atoms with Gasteiger partial charge in [0.25, 0.3) is 0 Å². The summed E-state index contributed by atoms with van der Waals surface area (Å²) in [4.78, 5) is 2.72. The number of fused-ring (bicyclic) bond motifs is 1. The summed E-state index contributed by atoms with van der Waals surface area (Å²) in [6.07, 6.45) is 9.90. The van der Waals surface area contributed by atoms with Crippen molar-refractivity contribution in [2.75, 3.05) is 19.6 Å². The summed E-state index contributed by atoms with van der Waals surface area (Å²) in [5.41, 5.74) is 6.14. The minimum absolute atomic E-state index is 0.516. The quantitative estimate of drug-likeness (QED) is 0.793. The van der Waals surface area contributed by atoms with Crippen LogP contribution in [0.15, 0.2) is 0 Å². The predicted molar refractivity (Wildman–Crippen MR) is 67.2 cm³/mol. The van der Waals surface area contributed by atoms with Crippen LogP contribution in [0.25, 0.3) is 0 Å². The molecule has 16 heavy (non-hydrogen) atoms. The molecule has 3 fully saturated rings. The van der Waals surface area contributed by atoms with Crippen LogP contribution in [-0.2, 0) is 0 Å². The van der Waals surface area contributed by atoms with Crippen LogP contribution in [0.3, 0.4) is 0 Å². The molecule has 1 saturated heterocycles. The highest BCUT2D eigenvalue weighted by atomic mass is 15.2. The summed E-state index contributed by atoms with van der Waals surface area (Å²) in [6.45, 7) is 4.12. The lowest BCUT2D eigenvalue weighted by molar-refractivity contribution is 0.276. The molecule has 0 aromatic carbocycles. The topological polar surface area (TPSA) is 29.3 Å². The normalized spacial score (nSPS) is 44.1. The van der Waals surface area contributed by atoms with Crippen LogP contribution in [-0.4, -0.2) is 30.6 Å². The predicted octanol–water partition coefficient (Wildman–Crippen LogP) is 2.24. The third kappa shape index (κ3) is 2.14. The van der Waals surface area contributed by atoms with Crippen molar-refractivity contribution in [2.24, 2.45) is 23.5 Å². The first-order chi connectivity index (χ1) is 7.83. The lowest BCUT2D eigenvalue weighted by Crippen LogP contribution is -2.30. The van der Waals surface area contributed by atoms with Crippen LogP contribution in [0, 0.1) is 17.8 Å². The number of hydrogen-bond donors (Lipinski definition) is 1. The van der Waals surface area contributed by atoms with Crippen LogP contribution >= 0.6 is 0 Å². The highest BCUT2D eigenvalue weighted by Crippen LogP contribution is 2.38. The molecule has 0 bridgehead atoms. The van der Waals surface area contributed by atoms with E-state index in [0.717, 1.165) is 17.8 Å². The van der Waals surface area contributed by atoms with Crippen LogP contribution in [0.4, 0.5) is 0 Å². The molecule has 3 aliphatic rings. The van der Waals surface area contributed by atoms with Gasteiger partial charge in [-0.1, -0.05) is 12.8 Å². The van der Waals surface area contributed by atoms with Crippen molar-refractivity contribution in [3.63, 3.8) is 0 Å². The molecule has 1 aliphatic heterocycles. The first-order valence-electron chi connectivity index (χ1n) is 7.31. The van der Waals surface area contributed by atoms with Gasteiger partial charge in [0.15, 0.2) is 0 Å². The van der Waals surface area contributed by atoms with Crippen molar-refractivity contribution in [3.05, 3.63) is 0 Å². The molecule has 1 heterocycles. The Hall–Kier alpha value is -0.0800. The Morgan fingerprint density at radius 1 is 0.938 bits per heavy atom. The summed E-state index contributed by atoms with van der Waals surface area (Å²) in [6, 6.07) is 0.516. The first-order valence-corrected chi connectivity index (χ1v) is 7.31. The maximum absolute atomic E-state index is 6.14. The number of rotatable bonds is 3. The molecule has 0 radical (unpaired) electrons. The monoisotopic (exact) mass is 222 g/mol. The highest BCUT2D eigenvalue weighted by Gasteiger charge is 2.36. The van der Waals surface area contributed by atoms with E-state index in [9.17, 15) is 0 Å². The fraction of sp³-hybridized carbons (Fsp3) is 1.00. The fourth-order valence-corrected chi connectivity index (χ4v) is 4.29. The molecular weight excluding hydrogens is 196 g/mol. The van der Waals surface area contributed by atoms with Crippen molar-refractivity contribution < 1.29 is 0 Å². The molecular formula is C14H26N2. The van der Waals surface area contributed by atoms with Crippen molar-refractivity contribution in [1.82, 2.24) is 4.90 Å². The minimum Gasteiger partial charge on any atom is -0.327 e. The van der Waals surface area contributed by atoms with E-state index in [1.54, 1.807) is 0 Å². The lowest BCUT2D eigenvalue weighted by Gasteiger charge is -2.21. The molecule has 2 aliphatic carbocycles. The van der Waals surface area contributed by atoms with Crippen LogP contribution < -0.4 is 5.73 Å². The largest absolute Gasteiger partial charge is 0.327 e. The second-order valence-corrected chi connectivity index (χ2v) is 6.35. The van der Waals surface area contributed by atoms with Crippen molar-refractivity contribution in [3.8, 4) is 0 Å². The molecule has 92 valence electrons. The van der Waals surface area contributed by atoms with E-state index in [2.05, 4.69) is 4.90 Å². The third-order valence-electron chi connectivity index (χ3n) is 5.34. The Morgan fingerprint density at radius 3 is 2.25 bits per heavy atom. The zero-order chi connectivity index (χ0) is 11.0. The standard InChI is InChI=1S/C14H26N2/c15-14-6-2-3-11(14)7-8-16-9-12-4-1-5-13(12)10-16/h11-14H,1-10,15H2. The molecule has 2 N–H and O–H groups in total. The molecule has 4 atom stereocenters. The number of nitrogens with two attached hydrogens (primary N) is 1. The van der Waals surface area contributed by atoms with Gasteiger partial charge in [0.05, 0.1) is 0 Å². The van der Waals surface area contributed by atoms with E-state index in [1.807, 2.05) is 0 Å². The van der Waals surface area contributed by atoms with E-state index in [0.29, 0.717) is 6.04 Å². The van der Waals surface area contributed by atoms with Gasteiger partial charge in [-0.15, -0.1) is 0 Å². The second kappa shape index (κ2) is 4.66. The molecule has 3 rings (SSSR count). The van der Waals surface area contributed by atoms with Crippen LogP contribution in [0.1, 0.15) is 44.9 Å². The summed E-state index contributed by atoms with van der Waals surface area (Å²) in [5, 5.41) is 0. The smallest absolute Gasteiger partial charge is 0.00676 e. The Labute approximate surface area is 99.6 Å². The van der Waals surface area contributed by atoms with Gasteiger partial charge in [0, 0.05) is 19.1 Å². The summed E-state index contributed by atoms with van der Waals surface area (Å²) >= 11 is 0. The van der Waals surface area contributed by atoms with E-state index in [4.69, 9.17) is 5.73 Å². The molecule has 2 heteroatoms. The Kier molecular flexibility index (Phi) is 3.21. The van der Waals surface area contributed by atoms with Gasteiger partial charge < -0.3 is 10.6 Å². The Bertz CT molecular complexity index is 229. The maximum Gasteiger partial charge on any atom is 0.00676 e. The van der Waals surface area contributed by atoms with E-state index in [1.165, 1.54) is 64.6 Å². The van der Waals surface area contributed by atoms with Crippen molar-refractivity contribution in [2.45, 2.75) is 51.0 Å². The van der Waals surface area contributed by atoms with E-state index < -0.39 is 0 Å². The SMILES string of the molecule is NC1CCCC1CCN1CC2CCCC2C1. The van der Waals surface area contributed by atoms with Gasteiger partial charge in [0.2, 0.25) is 0 Å². The van der Waals surface area contributed by atoms with Gasteiger partial charge >= 0.3 is 0 Å². The lowest BCUT2D eigenvalue weighted by atomic mass is 10.00. The molecule has 0 spiro atoms. The molecule has 4 unspecified atom stereocenters. The molecule has 2 saturated carbocycles. The van der Waals surface area contributed by atoms with E-state index >= 15 is 0 Å². The van der Waals surface area contributed by atoms with Crippen molar-refractivity contribution >= 4 is 0 Å². The zero-order valence-electron chi connectivity index (χ0n) is 10.4. The van der Waals surface area contributed by atoms with Gasteiger partial charge in [-0.25, -0.2) is 0 Å². The Morgan fingerprint density at radius 2 is 1.62 bits per heavy atom. The fourth-order valence-electron chi connectivity index (χ4n) is 4.29. The average molecular weight is 222 g/mol. The maximum atomic E-state index is 6.14. The third-order valence-corrected chi connectivity index (χ3v) is 5.34. The van der Waals surface area contributed by atoms with E-state index in [-0.39, 0.29) is 0 Å². The van der Waals surface area contributed by atoms with Gasteiger partial charge in [-0.2, -0.15) is 0 Å². The average Bonchev–Trinajstić information content (AvgIpc) is 2.89. The summed E-state index contributed by atoms with van der Waals surface area (Å²) in [7, 11) is 0. The number of nitrogens with zero attached hydrogens (tertiary/aromatic N) is 1. The molecule has 2 nitrogen and oxygen atoms in total. The second-order valence-electron chi connectivity index (χ2n) is 6.35. The number of hydrogen-bond acceptors (Lipinski definition) is 2. The first kappa shape index (κ1) is 11.0. The molecule has 0 aromatic rings. The van der Waals surface area contributed by atoms with Gasteiger partial charge in [-0.3, -0.25) is 0 Å². The highest BCUT2D eigenvalue weighted by molar-refractivity contribution is 4.89. The summed E-state index contributed by atoms with van der Waals surface area (Å²) in [5.74, 6) is 2.94. The van der Waals surface area contributed by atoms with Crippen LogP contribution in [0.2, 0.25) is 0 Å². The zero-order valence-corrected chi connectivity index (χ0v) is 10.4. The summed E-state index contributed by atoms with van der Waals surface area (Å²) < 4.78 is 0. The Balaban J connectivity index is 1.43. The minimum atomic E-state index is 0.516. The molecule has 0 aromatic heterocycles. The molecule has 0 amide bonds.